The minimum Gasteiger partial charge on any atom is -0.497 e. The van der Waals surface area contributed by atoms with Gasteiger partial charge in [0.2, 0.25) is 0 Å². The predicted molar refractivity (Wildman–Crippen MR) is 81.9 cm³/mol. The van der Waals surface area contributed by atoms with E-state index in [1.807, 2.05) is 23.5 Å². The summed E-state index contributed by atoms with van der Waals surface area (Å²) in [5, 5.41) is 5.83. The molecule has 2 rings (SSSR count). The van der Waals surface area contributed by atoms with Crippen LogP contribution in [0, 0.1) is 0 Å². The van der Waals surface area contributed by atoms with Crippen LogP contribution in [0.1, 0.15) is 42.8 Å². The molecule has 0 spiro atoms. The van der Waals surface area contributed by atoms with E-state index in [1.165, 1.54) is 10.4 Å². The Kier molecular flexibility index (Phi) is 5.00. The molecule has 0 fully saturated rings. The highest BCUT2D eigenvalue weighted by atomic mass is 32.1. The van der Waals surface area contributed by atoms with Crippen LogP contribution in [0.2, 0.25) is 0 Å². The van der Waals surface area contributed by atoms with Crippen molar-refractivity contribution in [2.24, 2.45) is 0 Å². The number of ether oxygens (including phenoxy) is 1. The summed E-state index contributed by atoms with van der Waals surface area (Å²) in [6, 6.07) is 13.3. The van der Waals surface area contributed by atoms with Crippen LogP contribution in [0.15, 0.2) is 41.8 Å². The van der Waals surface area contributed by atoms with Crippen LogP contribution >= 0.6 is 11.3 Å². The number of benzene rings is 1. The molecule has 1 heterocycles. The zero-order valence-electron chi connectivity index (χ0n) is 11.7. The zero-order valence-corrected chi connectivity index (χ0v) is 12.5. The number of thiophene rings is 1. The third kappa shape index (κ3) is 3.58. The Morgan fingerprint density at radius 3 is 2.74 bits per heavy atom. The quantitative estimate of drug-likeness (QED) is 0.834. The molecular formula is C16H21NOS. The number of hydrogen-bond donors (Lipinski definition) is 1. The van der Waals surface area contributed by atoms with Gasteiger partial charge in [-0.2, -0.15) is 0 Å². The minimum absolute atomic E-state index is 0.308. The van der Waals surface area contributed by atoms with Crippen LogP contribution in [0.25, 0.3) is 0 Å². The highest BCUT2D eigenvalue weighted by Gasteiger charge is 2.14. The van der Waals surface area contributed by atoms with Crippen molar-refractivity contribution in [1.29, 1.82) is 0 Å². The number of hydrogen-bond acceptors (Lipinski definition) is 3. The maximum Gasteiger partial charge on any atom is 0.119 e. The van der Waals surface area contributed by atoms with Crippen molar-refractivity contribution in [1.82, 2.24) is 5.32 Å². The first-order valence-electron chi connectivity index (χ1n) is 6.68. The number of nitrogens with one attached hydrogen (secondary N) is 1. The van der Waals surface area contributed by atoms with Crippen LogP contribution in [0.3, 0.4) is 0 Å². The second-order valence-corrected chi connectivity index (χ2v) is 5.62. The Labute approximate surface area is 119 Å². The normalized spacial score (nSPS) is 14.1. The van der Waals surface area contributed by atoms with Crippen LogP contribution in [0.4, 0.5) is 0 Å². The molecule has 0 aliphatic rings. The van der Waals surface area contributed by atoms with Crippen molar-refractivity contribution in [2.75, 3.05) is 7.11 Å². The molecule has 0 aliphatic carbocycles. The third-order valence-electron chi connectivity index (χ3n) is 3.34. The molecule has 2 aromatic rings. The van der Waals surface area contributed by atoms with Gasteiger partial charge in [-0.25, -0.2) is 0 Å². The lowest BCUT2D eigenvalue weighted by molar-refractivity contribution is 0.411. The molecule has 0 aliphatic heterocycles. The lowest BCUT2D eigenvalue weighted by Gasteiger charge is -2.22. The van der Waals surface area contributed by atoms with Crippen molar-refractivity contribution in [2.45, 2.75) is 32.4 Å². The van der Waals surface area contributed by atoms with Gasteiger partial charge in [-0.3, -0.25) is 0 Å². The van der Waals surface area contributed by atoms with E-state index < -0.39 is 0 Å². The first kappa shape index (κ1) is 14.1. The van der Waals surface area contributed by atoms with Gasteiger partial charge in [0.1, 0.15) is 5.75 Å². The second kappa shape index (κ2) is 6.73. The molecule has 2 atom stereocenters. The monoisotopic (exact) mass is 275 g/mol. The van der Waals surface area contributed by atoms with E-state index in [4.69, 9.17) is 4.74 Å². The van der Waals surface area contributed by atoms with Crippen LogP contribution in [0.5, 0.6) is 5.75 Å². The molecule has 0 radical (unpaired) electrons. The van der Waals surface area contributed by atoms with Crippen molar-refractivity contribution in [3.8, 4) is 5.75 Å². The first-order chi connectivity index (χ1) is 9.24. The van der Waals surface area contributed by atoms with Crippen LogP contribution < -0.4 is 10.1 Å². The molecule has 19 heavy (non-hydrogen) atoms. The fourth-order valence-corrected chi connectivity index (χ4v) is 3.07. The first-order valence-corrected chi connectivity index (χ1v) is 7.56. The van der Waals surface area contributed by atoms with Gasteiger partial charge in [0, 0.05) is 17.0 Å². The maximum absolute atomic E-state index is 5.28. The second-order valence-electron chi connectivity index (χ2n) is 4.64. The van der Waals surface area contributed by atoms with Gasteiger partial charge in [0.25, 0.3) is 0 Å². The molecule has 0 saturated heterocycles. The molecule has 3 heteroatoms. The van der Waals surface area contributed by atoms with Crippen molar-refractivity contribution in [3.63, 3.8) is 0 Å². The van der Waals surface area contributed by atoms with E-state index in [-0.39, 0.29) is 0 Å². The van der Waals surface area contributed by atoms with Crippen LogP contribution in [-0.2, 0) is 0 Å². The Morgan fingerprint density at radius 1 is 1.26 bits per heavy atom. The van der Waals surface area contributed by atoms with Gasteiger partial charge in [-0.1, -0.05) is 25.1 Å². The Morgan fingerprint density at radius 2 is 2.11 bits per heavy atom. The van der Waals surface area contributed by atoms with E-state index in [0.29, 0.717) is 12.1 Å². The zero-order chi connectivity index (χ0) is 13.7. The summed E-state index contributed by atoms with van der Waals surface area (Å²) in [5.41, 5.74) is 1.26. The summed E-state index contributed by atoms with van der Waals surface area (Å²) in [5.74, 6) is 0.912. The highest BCUT2D eigenvalue weighted by molar-refractivity contribution is 7.10. The van der Waals surface area contributed by atoms with Gasteiger partial charge < -0.3 is 10.1 Å². The highest BCUT2D eigenvalue weighted by Crippen LogP contribution is 2.26. The molecule has 1 N–H and O–H groups in total. The smallest absolute Gasteiger partial charge is 0.119 e. The van der Waals surface area contributed by atoms with Crippen molar-refractivity contribution < 1.29 is 4.74 Å². The fourth-order valence-electron chi connectivity index (χ4n) is 2.20. The Bertz CT molecular complexity index is 495. The summed E-state index contributed by atoms with van der Waals surface area (Å²) in [6.45, 7) is 4.42. The molecule has 2 nitrogen and oxygen atoms in total. The molecule has 2 unspecified atom stereocenters. The number of methoxy groups -OCH3 is 1. The lowest BCUT2D eigenvalue weighted by atomic mass is 10.1. The van der Waals surface area contributed by atoms with E-state index in [0.717, 1.165) is 12.2 Å². The van der Waals surface area contributed by atoms with Gasteiger partial charge >= 0.3 is 0 Å². The van der Waals surface area contributed by atoms with E-state index in [1.54, 1.807) is 7.11 Å². The van der Waals surface area contributed by atoms with Crippen LogP contribution in [-0.4, -0.2) is 7.11 Å². The molecule has 0 bridgehead atoms. The van der Waals surface area contributed by atoms with Crippen molar-refractivity contribution in [3.05, 3.63) is 52.2 Å². The third-order valence-corrected chi connectivity index (χ3v) is 4.33. The molecule has 0 saturated carbocycles. The predicted octanol–water partition coefficient (Wildman–Crippen LogP) is 4.56. The standard InChI is InChI=1S/C16H21NOS/c1-4-15(16-9-6-10-19-16)17-12(2)13-7-5-8-14(11-13)18-3/h5-12,15,17H,4H2,1-3H3. The van der Waals surface area contributed by atoms with Gasteiger partial charge in [0.05, 0.1) is 7.11 Å². The number of rotatable bonds is 6. The average molecular weight is 275 g/mol. The van der Waals surface area contributed by atoms with Gasteiger partial charge in [-0.15, -0.1) is 11.3 Å². The van der Waals surface area contributed by atoms with E-state index in [9.17, 15) is 0 Å². The van der Waals surface area contributed by atoms with Gasteiger partial charge in [0.15, 0.2) is 0 Å². The summed E-state index contributed by atoms with van der Waals surface area (Å²) in [7, 11) is 1.71. The van der Waals surface area contributed by atoms with E-state index in [2.05, 4.69) is 48.8 Å². The lowest BCUT2D eigenvalue weighted by Crippen LogP contribution is -2.23. The fraction of sp³-hybridized carbons (Fsp3) is 0.375. The Hall–Kier alpha value is -1.32. The topological polar surface area (TPSA) is 21.3 Å². The molecule has 1 aromatic carbocycles. The Balaban J connectivity index is 2.08. The molecular weight excluding hydrogens is 254 g/mol. The molecule has 1 aromatic heterocycles. The summed E-state index contributed by atoms with van der Waals surface area (Å²) >= 11 is 1.81. The summed E-state index contributed by atoms with van der Waals surface area (Å²) < 4.78 is 5.28. The molecule has 0 amide bonds. The van der Waals surface area contributed by atoms with E-state index >= 15 is 0 Å². The summed E-state index contributed by atoms with van der Waals surface area (Å²) in [6.07, 6.45) is 1.09. The average Bonchev–Trinajstić information content (AvgIpc) is 2.98. The molecule has 102 valence electrons. The van der Waals surface area contributed by atoms with Gasteiger partial charge in [-0.05, 0) is 42.5 Å². The van der Waals surface area contributed by atoms with Crippen molar-refractivity contribution >= 4 is 11.3 Å². The largest absolute Gasteiger partial charge is 0.497 e. The maximum atomic E-state index is 5.28. The SMILES string of the molecule is CCC(NC(C)c1cccc(OC)c1)c1cccs1. The minimum atomic E-state index is 0.308. The summed E-state index contributed by atoms with van der Waals surface area (Å²) in [4.78, 5) is 1.40.